The van der Waals surface area contributed by atoms with E-state index in [2.05, 4.69) is 21.9 Å². The predicted octanol–water partition coefficient (Wildman–Crippen LogP) is 2.14. The van der Waals surface area contributed by atoms with Gasteiger partial charge in [-0.25, -0.2) is 4.39 Å². The van der Waals surface area contributed by atoms with Gasteiger partial charge in [0.1, 0.15) is 0 Å². The maximum absolute atomic E-state index is 13.9. The van der Waals surface area contributed by atoms with Gasteiger partial charge in [0.15, 0.2) is 5.82 Å². The number of hydrogen-bond donors (Lipinski definition) is 0. The molecule has 1 aliphatic rings. The standard InChI is InChI=1S/C12H7BrFNO2/c1-2-3-6-15-10-7(11(16)12(15)17)4-5-8(13)9(10)14/h1,4-5H,3,6H2. The molecule has 0 radical (unpaired) electrons. The summed E-state index contributed by atoms with van der Waals surface area (Å²) in [5, 5.41) is 0. The highest BCUT2D eigenvalue weighted by atomic mass is 79.9. The molecular formula is C12H7BrFNO2. The van der Waals surface area contributed by atoms with E-state index in [1.165, 1.54) is 12.1 Å². The Morgan fingerprint density at radius 2 is 2.12 bits per heavy atom. The zero-order valence-electron chi connectivity index (χ0n) is 8.67. The number of amides is 1. The molecule has 1 aromatic rings. The first-order chi connectivity index (χ1) is 8.07. The van der Waals surface area contributed by atoms with Crippen molar-refractivity contribution in [1.29, 1.82) is 0 Å². The molecule has 1 aliphatic heterocycles. The molecule has 0 aromatic heterocycles. The van der Waals surface area contributed by atoms with Crippen molar-refractivity contribution >= 4 is 33.3 Å². The number of benzene rings is 1. The third-order valence-corrected chi connectivity index (χ3v) is 3.12. The van der Waals surface area contributed by atoms with Gasteiger partial charge >= 0.3 is 0 Å². The fourth-order valence-corrected chi connectivity index (χ4v) is 2.04. The average molecular weight is 296 g/mol. The fraction of sp³-hybridized carbons (Fsp3) is 0.167. The molecule has 0 aliphatic carbocycles. The molecule has 0 atom stereocenters. The van der Waals surface area contributed by atoms with E-state index in [1.807, 2.05) is 0 Å². The first-order valence-electron chi connectivity index (χ1n) is 4.85. The van der Waals surface area contributed by atoms with Gasteiger partial charge in [-0.05, 0) is 28.1 Å². The Morgan fingerprint density at radius 1 is 1.41 bits per heavy atom. The highest BCUT2D eigenvalue weighted by Crippen LogP contribution is 2.35. The van der Waals surface area contributed by atoms with Crippen LogP contribution in [0.4, 0.5) is 10.1 Å². The van der Waals surface area contributed by atoms with Crippen LogP contribution in [0.15, 0.2) is 16.6 Å². The average Bonchev–Trinajstić information content (AvgIpc) is 2.56. The lowest BCUT2D eigenvalue weighted by Crippen LogP contribution is -2.30. The fourth-order valence-electron chi connectivity index (χ4n) is 1.72. The molecule has 17 heavy (non-hydrogen) atoms. The SMILES string of the molecule is C#CCCN1C(=O)C(=O)c2ccc(Br)c(F)c21. The second-order valence-corrected chi connectivity index (χ2v) is 4.35. The minimum Gasteiger partial charge on any atom is -0.301 e. The molecule has 3 nitrogen and oxygen atoms in total. The molecule has 5 heteroatoms. The van der Waals surface area contributed by atoms with E-state index in [4.69, 9.17) is 6.42 Å². The van der Waals surface area contributed by atoms with Crippen molar-refractivity contribution in [2.24, 2.45) is 0 Å². The Bertz CT molecular complexity index is 562. The predicted molar refractivity (Wildman–Crippen MR) is 64.2 cm³/mol. The molecule has 0 fully saturated rings. The third kappa shape index (κ3) is 1.75. The molecule has 2 rings (SSSR count). The molecule has 86 valence electrons. The van der Waals surface area contributed by atoms with Crippen LogP contribution in [0, 0.1) is 18.2 Å². The monoisotopic (exact) mass is 295 g/mol. The zero-order chi connectivity index (χ0) is 12.6. The molecule has 0 N–H and O–H groups in total. The number of nitrogens with zero attached hydrogens (tertiary/aromatic N) is 1. The van der Waals surface area contributed by atoms with Crippen LogP contribution < -0.4 is 4.90 Å². The van der Waals surface area contributed by atoms with Crippen LogP contribution in [-0.2, 0) is 4.79 Å². The minimum atomic E-state index is -0.729. The van der Waals surface area contributed by atoms with Gasteiger partial charge in [-0.2, -0.15) is 0 Å². The zero-order valence-corrected chi connectivity index (χ0v) is 10.3. The smallest absolute Gasteiger partial charge is 0.299 e. The maximum atomic E-state index is 13.9. The third-order valence-electron chi connectivity index (χ3n) is 2.50. The molecular weight excluding hydrogens is 289 g/mol. The number of halogens is 2. The van der Waals surface area contributed by atoms with E-state index in [0.717, 1.165) is 4.90 Å². The molecule has 1 amide bonds. The number of anilines is 1. The Labute approximate surface area is 106 Å². The number of carbonyl (C=O) groups excluding carboxylic acids is 2. The summed E-state index contributed by atoms with van der Waals surface area (Å²) in [7, 11) is 0. The number of hydrogen-bond acceptors (Lipinski definition) is 2. The van der Waals surface area contributed by atoms with Gasteiger partial charge < -0.3 is 4.90 Å². The number of carbonyl (C=O) groups is 2. The van der Waals surface area contributed by atoms with Gasteiger partial charge in [0.2, 0.25) is 0 Å². The van der Waals surface area contributed by atoms with Crippen LogP contribution in [0.1, 0.15) is 16.8 Å². The van der Waals surface area contributed by atoms with Crippen molar-refractivity contribution < 1.29 is 14.0 Å². The molecule has 0 bridgehead atoms. The minimum absolute atomic E-state index is 0.0182. The molecule has 0 saturated carbocycles. The van der Waals surface area contributed by atoms with Crippen molar-refractivity contribution in [3.63, 3.8) is 0 Å². The molecule has 1 heterocycles. The van der Waals surface area contributed by atoms with Crippen LogP contribution >= 0.6 is 15.9 Å². The second kappa shape index (κ2) is 4.30. The van der Waals surface area contributed by atoms with Crippen molar-refractivity contribution in [3.05, 3.63) is 28.0 Å². The first kappa shape index (κ1) is 11.8. The summed E-state index contributed by atoms with van der Waals surface area (Å²) in [5.41, 5.74) is 0.109. The number of ketones is 1. The number of terminal acetylenes is 1. The van der Waals surface area contributed by atoms with Gasteiger partial charge in [0.05, 0.1) is 15.7 Å². The van der Waals surface area contributed by atoms with Crippen molar-refractivity contribution in [2.75, 3.05) is 11.4 Å². The van der Waals surface area contributed by atoms with Crippen LogP contribution in [-0.4, -0.2) is 18.2 Å². The van der Waals surface area contributed by atoms with Crippen LogP contribution in [0.5, 0.6) is 0 Å². The molecule has 0 spiro atoms. The van der Waals surface area contributed by atoms with Crippen LogP contribution in [0.3, 0.4) is 0 Å². The summed E-state index contributed by atoms with van der Waals surface area (Å²) < 4.78 is 14.1. The van der Waals surface area contributed by atoms with Crippen molar-refractivity contribution in [1.82, 2.24) is 0 Å². The molecule has 1 aromatic carbocycles. The maximum Gasteiger partial charge on any atom is 0.299 e. The van der Waals surface area contributed by atoms with Gasteiger partial charge in [-0.3, -0.25) is 9.59 Å². The summed E-state index contributed by atoms with van der Waals surface area (Å²) in [5.74, 6) is 0.323. The summed E-state index contributed by atoms with van der Waals surface area (Å²) in [6.07, 6.45) is 5.37. The lowest BCUT2D eigenvalue weighted by molar-refractivity contribution is -0.114. The van der Waals surface area contributed by atoms with E-state index in [9.17, 15) is 14.0 Å². The number of rotatable bonds is 2. The van der Waals surface area contributed by atoms with Crippen LogP contribution in [0.2, 0.25) is 0 Å². The first-order valence-corrected chi connectivity index (χ1v) is 5.65. The topological polar surface area (TPSA) is 37.4 Å². The van der Waals surface area contributed by atoms with E-state index < -0.39 is 17.5 Å². The van der Waals surface area contributed by atoms with Crippen molar-refractivity contribution in [3.8, 4) is 12.3 Å². The summed E-state index contributed by atoms with van der Waals surface area (Å²) in [6.45, 7) is 0.140. The Balaban J connectivity index is 2.54. The van der Waals surface area contributed by atoms with Gasteiger partial charge in [-0.1, -0.05) is 0 Å². The van der Waals surface area contributed by atoms with E-state index in [1.54, 1.807) is 0 Å². The lowest BCUT2D eigenvalue weighted by Gasteiger charge is -2.15. The quantitative estimate of drug-likeness (QED) is 0.619. The highest BCUT2D eigenvalue weighted by molar-refractivity contribution is 9.10. The summed E-state index contributed by atoms with van der Waals surface area (Å²) in [4.78, 5) is 24.4. The van der Waals surface area contributed by atoms with Gasteiger partial charge in [-0.15, -0.1) is 12.3 Å². The van der Waals surface area contributed by atoms with Crippen molar-refractivity contribution in [2.45, 2.75) is 6.42 Å². The van der Waals surface area contributed by atoms with E-state index in [-0.39, 0.29) is 28.7 Å². The summed E-state index contributed by atoms with van der Waals surface area (Å²) in [6, 6.07) is 2.84. The summed E-state index contributed by atoms with van der Waals surface area (Å²) >= 11 is 3.02. The normalized spacial score (nSPS) is 13.8. The Hall–Kier alpha value is -1.67. The van der Waals surface area contributed by atoms with Gasteiger partial charge in [0, 0.05) is 13.0 Å². The highest BCUT2D eigenvalue weighted by Gasteiger charge is 2.38. The van der Waals surface area contributed by atoms with Crippen LogP contribution in [0.25, 0.3) is 0 Å². The second-order valence-electron chi connectivity index (χ2n) is 3.50. The Morgan fingerprint density at radius 3 is 2.76 bits per heavy atom. The number of Topliss-reactive ketones (excluding diaryl/α,β-unsaturated/α-hetero) is 1. The number of fused-ring (bicyclic) bond motifs is 1. The Kier molecular flexibility index (Phi) is 2.99. The van der Waals surface area contributed by atoms with Gasteiger partial charge in [0.25, 0.3) is 11.7 Å². The lowest BCUT2D eigenvalue weighted by atomic mass is 10.1. The van der Waals surface area contributed by atoms with E-state index >= 15 is 0 Å². The molecule has 0 saturated heterocycles. The van der Waals surface area contributed by atoms with E-state index in [0.29, 0.717) is 0 Å². The largest absolute Gasteiger partial charge is 0.301 e. The molecule has 0 unspecified atom stereocenters.